The van der Waals surface area contributed by atoms with E-state index in [2.05, 4.69) is 10.1 Å². The maximum atomic E-state index is 12.3. The Morgan fingerprint density at radius 2 is 1.96 bits per heavy atom. The van der Waals surface area contributed by atoms with Crippen LogP contribution in [0.4, 0.5) is 5.69 Å². The quantitative estimate of drug-likeness (QED) is 0.740. The number of benzene rings is 2. The van der Waals surface area contributed by atoms with Crippen LogP contribution in [0.25, 0.3) is 11.4 Å². The van der Waals surface area contributed by atoms with Gasteiger partial charge in [0.2, 0.25) is 17.6 Å². The molecule has 24 heavy (non-hydrogen) atoms. The monoisotopic (exact) mass is 319 g/mol. The molecule has 4 rings (SSSR count). The predicted molar refractivity (Wildman–Crippen MR) is 90.6 cm³/mol. The second-order valence-electron chi connectivity index (χ2n) is 6.07. The second-order valence-corrected chi connectivity index (χ2v) is 6.07. The number of anilines is 1. The van der Waals surface area contributed by atoms with Crippen molar-refractivity contribution in [1.29, 1.82) is 0 Å². The van der Waals surface area contributed by atoms with Crippen LogP contribution < -0.4 is 4.90 Å². The van der Waals surface area contributed by atoms with Crippen molar-refractivity contribution in [1.82, 2.24) is 10.1 Å². The van der Waals surface area contributed by atoms with Crippen molar-refractivity contribution in [2.45, 2.75) is 19.3 Å². The van der Waals surface area contributed by atoms with Gasteiger partial charge in [-0.25, -0.2) is 0 Å². The van der Waals surface area contributed by atoms with Crippen molar-refractivity contribution >= 4 is 11.6 Å². The van der Waals surface area contributed by atoms with E-state index < -0.39 is 0 Å². The van der Waals surface area contributed by atoms with Crippen molar-refractivity contribution in [3.05, 3.63) is 66.1 Å². The molecular formula is C19H17N3O2. The van der Waals surface area contributed by atoms with Crippen LogP contribution in [0.1, 0.15) is 23.8 Å². The highest BCUT2D eigenvalue weighted by atomic mass is 16.5. The van der Waals surface area contributed by atoms with Gasteiger partial charge in [-0.1, -0.05) is 47.1 Å². The Morgan fingerprint density at radius 1 is 1.12 bits per heavy atom. The molecule has 0 spiro atoms. The number of aryl methyl sites for hydroxylation is 1. The van der Waals surface area contributed by atoms with Crippen molar-refractivity contribution in [3.8, 4) is 11.4 Å². The number of para-hydroxylation sites is 1. The third kappa shape index (κ3) is 2.69. The van der Waals surface area contributed by atoms with E-state index in [4.69, 9.17) is 4.52 Å². The Balaban J connectivity index is 1.57. The zero-order chi connectivity index (χ0) is 16.5. The fraction of sp³-hybridized carbons (Fsp3) is 0.211. The van der Waals surface area contributed by atoms with Gasteiger partial charge in [0.05, 0.1) is 5.92 Å². The number of amides is 1. The summed E-state index contributed by atoms with van der Waals surface area (Å²) < 4.78 is 5.44. The third-order valence-corrected chi connectivity index (χ3v) is 4.26. The van der Waals surface area contributed by atoms with Crippen molar-refractivity contribution in [2.24, 2.45) is 0 Å². The maximum absolute atomic E-state index is 12.3. The zero-order valence-electron chi connectivity index (χ0n) is 13.3. The Kier molecular flexibility index (Phi) is 3.61. The Labute approximate surface area is 139 Å². The smallest absolute Gasteiger partial charge is 0.232 e. The molecule has 0 radical (unpaired) electrons. The number of carbonyl (C=O) groups is 1. The van der Waals surface area contributed by atoms with E-state index in [1.165, 1.54) is 0 Å². The molecule has 1 fully saturated rings. The average molecular weight is 319 g/mol. The molecule has 3 aromatic rings. The van der Waals surface area contributed by atoms with Crippen LogP contribution in [0.2, 0.25) is 0 Å². The molecule has 2 aromatic carbocycles. The molecule has 0 bridgehead atoms. The number of rotatable bonds is 3. The van der Waals surface area contributed by atoms with Gasteiger partial charge in [0.15, 0.2) is 0 Å². The highest BCUT2D eigenvalue weighted by molar-refractivity contribution is 5.96. The number of carbonyl (C=O) groups excluding carboxylic acids is 1. The standard InChI is InChI=1S/C19H17N3O2/c1-13-6-5-7-14(10-13)18-20-19(24-21-18)15-11-17(23)22(12-15)16-8-3-2-4-9-16/h2-10,15H,11-12H2,1H3. The normalized spacial score (nSPS) is 17.5. The van der Waals surface area contributed by atoms with Gasteiger partial charge in [-0.15, -0.1) is 0 Å². The first-order valence-corrected chi connectivity index (χ1v) is 7.97. The average Bonchev–Trinajstić information content (AvgIpc) is 3.22. The van der Waals surface area contributed by atoms with E-state index in [1.54, 1.807) is 4.90 Å². The van der Waals surface area contributed by atoms with Crippen molar-refractivity contribution in [2.75, 3.05) is 11.4 Å². The maximum Gasteiger partial charge on any atom is 0.232 e. The molecule has 1 aromatic heterocycles. The van der Waals surface area contributed by atoms with Crippen LogP contribution in [-0.2, 0) is 4.79 Å². The zero-order valence-corrected chi connectivity index (χ0v) is 13.3. The summed E-state index contributed by atoms with van der Waals surface area (Å²) in [6.07, 6.45) is 0.393. The lowest BCUT2D eigenvalue weighted by molar-refractivity contribution is -0.117. The summed E-state index contributed by atoms with van der Waals surface area (Å²) in [7, 11) is 0. The van der Waals surface area contributed by atoms with Gasteiger partial charge in [-0.05, 0) is 25.1 Å². The molecular weight excluding hydrogens is 302 g/mol. The Morgan fingerprint density at radius 3 is 2.75 bits per heavy atom. The lowest BCUT2D eigenvalue weighted by atomic mass is 10.1. The predicted octanol–water partition coefficient (Wildman–Crippen LogP) is 3.57. The summed E-state index contributed by atoms with van der Waals surface area (Å²) in [5.74, 6) is 1.11. The summed E-state index contributed by atoms with van der Waals surface area (Å²) in [5, 5.41) is 4.08. The van der Waals surface area contributed by atoms with Gasteiger partial charge < -0.3 is 9.42 Å². The first-order valence-electron chi connectivity index (χ1n) is 7.97. The van der Waals surface area contributed by atoms with Crippen LogP contribution in [0.5, 0.6) is 0 Å². The fourth-order valence-electron chi connectivity index (χ4n) is 3.03. The van der Waals surface area contributed by atoms with Gasteiger partial charge in [0, 0.05) is 24.2 Å². The highest BCUT2D eigenvalue weighted by Gasteiger charge is 2.35. The van der Waals surface area contributed by atoms with Gasteiger partial charge in [-0.3, -0.25) is 4.79 Å². The minimum Gasteiger partial charge on any atom is -0.339 e. The van der Waals surface area contributed by atoms with Crippen LogP contribution >= 0.6 is 0 Å². The number of nitrogens with zero attached hydrogens (tertiary/aromatic N) is 3. The summed E-state index contributed by atoms with van der Waals surface area (Å²) in [4.78, 5) is 18.6. The third-order valence-electron chi connectivity index (χ3n) is 4.26. The lowest BCUT2D eigenvalue weighted by Gasteiger charge is -2.15. The Hall–Kier alpha value is -2.95. The van der Waals surface area contributed by atoms with E-state index in [9.17, 15) is 4.79 Å². The van der Waals surface area contributed by atoms with Gasteiger partial charge in [-0.2, -0.15) is 4.98 Å². The van der Waals surface area contributed by atoms with E-state index >= 15 is 0 Å². The van der Waals surface area contributed by atoms with Gasteiger partial charge >= 0.3 is 0 Å². The molecule has 1 saturated heterocycles. The first kappa shape index (κ1) is 14.6. The molecule has 2 heterocycles. The van der Waals surface area contributed by atoms with Crippen LogP contribution in [0.15, 0.2) is 59.1 Å². The van der Waals surface area contributed by atoms with Gasteiger partial charge in [0.1, 0.15) is 0 Å². The summed E-state index contributed by atoms with van der Waals surface area (Å²) in [5.41, 5.74) is 2.97. The topological polar surface area (TPSA) is 59.2 Å². The van der Waals surface area contributed by atoms with Crippen molar-refractivity contribution < 1.29 is 9.32 Å². The molecule has 1 atom stereocenters. The second kappa shape index (κ2) is 5.92. The molecule has 1 aliphatic rings. The molecule has 1 unspecified atom stereocenters. The molecule has 5 nitrogen and oxygen atoms in total. The number of aromatic nitrogens is 2. The molecule has 1 amide bonds. The minimum absolute atomic E-state index is 0.0660. The first-order chi connectivity index (χ1) is 11.7. The molecule has 0 N–H and O–H groups in total. The number of hydrogen-bond donors (Lipinski definition) is 0. The largest absolute Gasteiger partial charge is 0.339 e. The Bertz CT molecular complexity index is 873. The van der Waals surface area contributed by atoms with E-state index in [0.717, 1.165) is 16.8 Å². The van der Waals surface area contributed by atoms with Gasteiger partial charge in [0.25, 0.3) is 0 Å². The molecule has 120 valence electrons. The molecule has 1 aliphatic heterocycles. The van der Waals surface area contributed by atoms with Crippen LogP contribution in [-0.4, -0.2) is 22.6 Å². The summed E-state index contributed by atoms with van der Waals surface area (Å²) in [6, 6.07) is 17.6. The molecule has 5 heteroatoms. The van der Waals surface area contributed by atoms with E-state index in [1.807, 2.05) is 61.5 Å². The lowest BCUT2D eigenvalue weighted by Crippen LogP contribution is -2.24. The van der Waals surface area contributed by atoms with E-state index in [-0.39, 0.29) is 11.8 Å². The number of hydrogen-bond acceptors (Lipinski definition) is 4. The molecule has 0 aliphatic carbocycles. The van der Waals surface area contributed by atoms with Crippen LogP contribution in [0, 0.1) is 6.92 Å². The van der Waals surface area contributed by atoms with E-state index in [0.29, 0.717) is 24.7 Å². The SMILES string of the molecule is Cc1cccc(-c2noc(C3CC(=O)N(c4ccccc4)C3)n2)c1. The van der Waals surface area contributed by atoms with Crippen LogP contribution in [0.3, 0.4) is 0 Å². The van der Waals surface area contributed by atoms with Crippen molar-refractivity contribution in [3.63, 3.8) is 0 Å². The fourth-order valence-corrected chi connectivity index (χ4v) is 3.03. The summed E-state index contributed by atoms with van der Waals surface area (Å²) >= 11 is 0. The molecule has 0 saturated carbocycles. The summed E-state index contributed by atoms with van der Waals surface area (Å²) in [6.45, 7) is 2.59. The highest BCUT2D eigenvalue weighted by Crippen LogP contribution is 2.31. The minimum atomic E-state index is -0.0660.